The van der Waals surface area contributed by atoms with Crippen molar-refractivity contribution in [1.29, 1.82) is 0 Å². The number of carbonyl (C=O) groups is 4. The average Bonchev–Trinajstić information content (AvgIpc) is 2.83. The van der Waals surface area contributed by atoms with Crippen LogP contribution in [0, 0.1) is 29.6 Å². The summed E-state index contributed by atoms with van der Waals surface area (Å²) in [6.45, 7) is 0. The number of aliphatic hydroxyl groups excluding tert-OH is 1. The molecule has 0 bridgehead atoms. The van der Waals surface area contributed by atoms with Crippen LogP contribution >= 0.6 is 0 Å². The van der Waals surface area contributed by atoms with Gasteiger partial charge in [-0.2, -0.15) is 0 Å². The number of Topliss-reactive ketones (excluding diaryl/α,β-unsaturated/α-hetero) is 3. The minimum Gasteiger partial charge on any atom is -0.507 e. The quantitative estimate of drug-likeness (QED) is 0.504. The number of aromatic hydroxyl groups is 1. The Labute approximate surface area is 223 Å². The predicted molar refractivity (Wildman–Crippen MR) is 141 cm³/mol. The van der Waals surface area contributed by atoms with E-state index in [1.807, 2.05) is 25.1 Å². The first kappa shape index (κ1) is 26.8. The summed E-state index contributed by atoms with van der Waals surface area (Å²) in [5.41, 5.74) is 8.08. The van der Waals surface area contributed by atoms with Gasteiger partial charge in [0, 0.05) is 25.8 Å². The van der Waals surface area contributed by atoms with Crippen molar-refractivity contribution >= 4 is 28.9 Å². The largest absolute Gasteiger partial charge is 0.507 e. The van der Waals surface area contributed by atoms with Crippen LogP contribution in [-0.2, 0) is 20.8 Å². The molecule has 0 radical (unpaired) electrons. The second kappa shape index (κ2) is 9.75. The number of fused-ring (bicyclic) bond motifs is 3. The fourth-order valence-corrected chi connectivity index (χ4v) is 8.03. The van der Waals surface area contributed by atoms with Crippen LogP contribution in [0.2, 0.25) is 0 Å². The lowest BCUT2D eigenvalue weighted by atomic mass is 9.54. The number of primary amides is 1. The Balaban J connectivity index is 1.61. The summed E-state index contributed by atoms with van der Waals surface area (Å²) in [6.07, 6.45) is 4.65. The number of likely N-dealkylation sites (N-methyl/N-ethyl adjacent to an activating group) is 1. The zero-order valence-corrected chi connectivity index (χ0v) is 22.6. The molecule has 4 N–H and O–H groups in total. The molecular formula is C29H39N3O6. The zero-order chi connectivity index (χ0) is 27.6. The molecule has 4 aliphatic carbocycles. The molecule has 3 fully saturated rings. The van der Waals surface area contributed by atoms with Gasteiger partial charge in [0.2, 0.25) is 5.91 Å². The van der Waals surface area contributed by atoms with Gasteiger partial charge in [-0.1, -0.05) is 19.3 Å². The minimum absolute atomic E-state index is 0.0255. The normalized spacial score (nSPS) is 33.5. The molecule has 5 rings (SSSR count). The van der Waals surface area contributed by atoms with E-state index in [9.17, 15) is 29.4 Å². The number of hydrogen-bond acceptors (Lipinski definition) is 8. The number of carbonyl (C=O) groups excluding carboxylic acids is 4. The van der Waals surface area contributed by atoms with Crippen LogP contribution < -0.4 is 10.6 Å². The smallest absolute Gasteiger partial charge is 0.230 e. The fraction of sp³-hybridized carbons (Fsp3) is 0.655. The molecule has 1 aromatic carbocycles. The maximum Gasteiger partial charge on any atom is 0.230 e. The number of anilines is 1. The molecule has 0 spiro atoms. The molecule has 4 aliphatic rings. The maximum atomic E-state index is 14.1. The first-order valence-corrected chi connectivity index (χ1v) is 13.8. The first-order chi connectivity index (χ1) is 18.0. The lowest BCUT2D eigenvalue weighted by molar-refractivity contribution is -0.161. The summed E-state index contributed by atoms with van der Waals surface area (Å²) in [6, 6.07) is 1.38. The second-order valence-corrected chi connectivity index (χ2v) is 12.2. The van der Waals surface area contributed by atoms with Gasteiger partial charge < -0.3 is 25.7 Å². The van der Waals surface area contributed by atoms with E-state index >= 15 is 0 Å². The van der Waals surface area contributed by atoms with Gasteiger partial charge >= 0.3 is 0 Å². The Morgan fingerprint density at radius 1 is 1.00 bits per heavy atom. The summed E-state index contributed by atoms with van der Waals surface area (Å²) in [7, 11) is 7.31. The number of rotatable bonds is 4. The average molecular weight is 526 g/mol. The van der Waals surface area contributed by atoms with E-state index in [0.717, 1.165) is 48.9 Å². The molecule has 3 unspecified atom stereocenters. The Kier molecular flexibility index (Phi) is 6.88. The summed E-state index contributed by atoms with van der Waals surface area (Å²) < 4.78 is 0. The number of phenolic OH excluding ortho intramolecular Hbond substituents is 1. The van der Waals surface area contributed by atoms with Gasteiger partial charge in [-0.25, -0.2) is 0 Å². The van der Waals surface area contributed by atoms with Crippen LogP contribution in [0.1, 0.15) is 65.9 Å². The molecule has 0 aromatic heterocycles. The van der Waals surface area contributed by atoms with Crippen LogP contribution in [0.3, 0.4) is 0 Å². The van der Waals surface area contributed by atoms with Gasteiger partial charge in [0.25, 0.3) is 0 Å². The Morgan fingerprint density at radius 2 is 1.66 bits per heavy atom. The molecule has 0 saturated heterocycles. The molecule has 9 nitrogen and oxygen atoms in total. The van der Waals surface area contributed by atoms with E-state index in [4.69, 9.17) is 5.73 Å². The van der Waals surface area contributed by atoms with Crippen molar-refractivity contribution in [2.45, 2.75) is 63.0 Å². The highest BCUT2D eigenvalue weighted by molar-refractivity contribution is 6.21. The summed E-state index contributed by atoms with van der Waals surface area (Å²) in [4.78, 5) is 57.4. The lowest BCUT2D eigenvalue weighted by Crippen LogP contribution is -2.66. The number of nitrogens with two attached hydrogens (primary N) is 1. The van der Waals surface area contributed by atoms with E-state index in [-0.39, 0.29) is 23.1 Å². The molecule has 38 heavy (non-hydrogen) atoms. The van der Waals surface area contributed by atoms with Crippen LogP contribution in [0.4, 0.5) is 5.69 Å². The number of aliphatic hydroxyl groups is 1. The van der Waals surface area contributed by atoms with E-state index in [2.05, 4.69) is 0 Å². The molecule has 0 heterocycles. The molecule has 9 heteroatoms. The van der Waals surface area contributed by atoms with E-state index in [1.54, 1.807) is 19.0 Å². The topological polar surface area (TPSA) is 141 Å². The van der Waals surface area contributed by atoms with Crippen molar-refractivity contribution in [1.82, 2.24) is 4.90 Å². The number of phenols is 1. The predicted octanol–water partition coefficient (Wildman–Crippen LogP) is 1.66. The van der Waals surface area contributed by atoms with Crippen molar-refractivity contribution in [2.24, 2.45) is 35.3 Å². The van der Waals surface area contributed by atoms with Crippen molar-refractivity contribution in [2.75, 3.05) is 33.1 Å². The SMILES string of the molecule is CN(C)c1cc(C2CCCCC2)c(O)c2c1C[C@@H]1C[C@H]3[C@H](C(=O)C(C(N)=O)C(O)[C@@H]3N(C)C)C(=O)C1C2=O. The molecule has 1 aromatic rings. The highest BCUT2D eigenvalue weighted by Gasteiger charge is 2.61. The number of nitrogens with zero attached hydrogens (tertiary/aromatic N) is 2. The van der Waals surface area contributed by atoms with E-state index in [1.165, 1.54) is 0 Å². The Bertz CT molecular complexity index is 1190. The van der Waals surface area contributed by atoms with Crippen LogP contribution in [0.5, 0.6) is 5.75 Å². The van der Waals surface area contributed by atoms with Gasteiger partial charge in [-0.3, -0.25) is 19.2 Å². The van der Waals surface area contributed by atoms with E-state index < -0.39 is 59.1 Å². The highest BCUT2D eigenvalue weighted by Crippen LogP contribution is 2.52. The summed E-state index contributed by atoms with van der Waals surface area (Å²) >= 11 is 0. The third kappa shape index (κ3) is 3.97. The third-order valence-corrected chi connectivity index (χ3v) is 9.67. The number of ketones is 3. The number of amides is 1. The van der Waals surface area contributed by atoms with Crippen LogP contribution in [0.25, 0.3) is 0 Å². The van der Waals surface area contributed by atoms with Gasteiger partial charge in [-0.15, -0.1) is 0 Å². The molecule has 0 aliphatic heterocycles. The Morgan fingerprint density at radius 3 is 2.24 bits per heavy atom. The van der Waals surface area contributed by atoms with Crippen molar-refractivity contribution < 1.29 is 29.4 Å². The molecule has 206 valence electrons. The lowest BCUT2D eigenvalue weighted by Gasteiger charge is -2.51. The van der Waals surface area contributed by atoms with Crippen LogP contribution in [-0.4, -0.2) is 78.7 Å². The van der Waals surface area contributed by atoms with Gasteiger partial charge in [-0.05, 0) is 74.7 Å². The van der Waals surface area contributed by atoms with Gasteiger partial charge in [0.15, 0.2) is 17.3 Å². The molecule has 1 amide bonds. The Hall–Kier alpha value is -2.78. The van der Waals surface area contributed by atoms with Gasteiger partial charge in [0.05, 0.1) is 23.5 Å². The number of hydrogen-bond donors (Lipinski definition) is 3. The summed E-state index contributed by atoms with van der Waals surface area (Å²) in [5.74, 6) is -7.13. The van der Waals surface area contributed by atoms with Crippen LogP contribution in [0.15, 0.2) is 6.07 Å². The minimum atomic E-state index is -1.50. The molecule has 7 atom stereocenters. The molecule has 3 saturated carbocycles. The van der Waals surface area contributed by atoms with Crippen molar-refractivity contribution in [3.05, 3.63) is 22.8 Å². The highest BCUT2D eigenvalue weighted by atomic mass is 16.3. The maximum absolute atomic E-state index is 14.1. The standard InChI is InChI=1S/C29H39N3O6/c1-31(2)18-12-15(13-8-6-5-7-9-13)24(33)20-16(18)10-14-11-17-21(26(35)19(14)25(20)34)27(36)22(29(30)38)28(37)23(17)32(3)4/h12-14,17,19,21-23,28,33,37H,5-11H2,1-4H3,(H2,30,38)/t14-,17+,19?,21+,22?,23-,28?/m1/s1. The number of benzene rings is 1. The summed E-state index contributed by atoms with van der Waals surface area (Å²) in [5, 5.41) is 22.5. The third-order valence-electron chi connectivity index (χ3n) is 9.67. The van der Waals surface area contributed by atoms with E-state index in [0.29, 0.717) is 12.8 Å². The second-order valence-electron chi connectivity index (χ2n) is 12.2. The van der Waals surface area contributed by atoms with Gasteiger partial charge in [0.1, 0.15) is 11.7 Å². The molecular weight excluding hydrogens is 486 g/mol. The monoisotopic (exact) mass is 525 g/mol. The first-order valence-electron chi connectivity index (χ1n) is 13.8. The fourth-order valence-electron chi connectivity index (χ4n) is 8.03. The zero-order valence-electron chi connectivity index (χ0n) is 22.6. The van der Waals surface area contributed by atoms with Crippen molar-refractivity contribution in [3.8, 4) is 5.75 Å². The van der Waals surface area contributed by atoms with Crippen molar-refractivity contribution in [3.63, 3.8) is 0 Å².